The second-order valence-electron chi connectivity index (χ2n) is 2.37. The van der Waals surface area contributed by atoms with Gasteiger partial charge in [-0.3, -0.25) is 4.79 Å². The molecule has 13 heavy (non-hydrogen) atoms. The van der Waals surface area contributed by atoms with Crippen LogP contribution in [-0.4, -0.2) is 34.6 Å². The molecule has 0 aliphatic heterocycles. The van der Waals surface area contributed by atoms with Crippen molar-refractivity contribution in [1.29, 1.82) is 0 Å². The number of methoxy groups -OCH3 is 1. The Bertz CT molecular complexity index is 288. The molecule has 0 amide bonds. The van der Waals surface area contributed by atoms with E-state index in [1.807, 2.05) is 6.92 Å². The van der Waals surface area contributed by atoms with Crippen molar-refractivity contribution in [3.05, 3.63) is 5.82 Å². The number of carbonyl (C=O) groups excluding carboxylic acids is 1. The number of hydrogen-bond donors (Lipinski definition) is 0. The number of ketones is 1. The molecule has 0 unspecified atom stereocenters. The highest BCUT2D eigenvalue weighted by Gasteiger charge is 2.05. The first-order valence-corrected chi connectivity index (χ1v) is 5.42. The molecule has 0 radical (unpaired) electrons. The fourth-order valence-corrected chi connectivity index (χ4v) is 2.17. The van der Waals surface area contributed by atoms with Crippen molar-refractivity contribution in [1.82, 2.24) is 9.36 Å². The number of nitrogens with zero attached hydrogens (tertiary/aromatic N) is 2. The number of aromatic nitrogens is 2. The Kier molecular flexibility index (Phi) is 4.34. The summed E-state index contributed by atoms with van der Waals surface area (Å²) in [5, 5.41) is 0. The van der Waals surface area contributed by atoms with Crippen LogP contribution >= 0.6 is 23.3 Å². The third-order valence-electron chi connectivity index (χ3n) is 1.17. The van der Waals surface area contributed by atoms with E-state index >= 15 is 0 Å². The molecule has 1 rings (SSSR count). The molecule has 1 aromatic heterocycles. The number of thioether (sulfide) groups is 1. The minimum absolute atomic E-state index is 0.0698. The van der Waals surface area contributed by atoms with Crippen LogP contribution in [0.4, 0.5) is 0 Å². The number of aryl methyl sites for hydroxylation is 1. The minimum Gasteiger partial charge on any atom is -0.377 e. The van der Waals surface area contributed by atoms with Gasteiger partial charge in [-0.2, -0.15) is 4.37 Å². The molecule has 1 heterocycles. The molecule has 0 aliphatic carbocycles. The van der Waals surface area contributed by atoms with Gasteiger partial charge in [0, 0.05) is 7.11 Å². The van der Waals surface area contributed by atoms with Crippen molar-refractivity contribution in [2.45, 2.75) is 11.3 Å². The van der Waals surface area contributed by atoms with Gasteiger partial charge in [0.2, 0.25) is 0 Å². The lowest BCUT2D eigenvalue weighted by Gasteiger charge is -1.95. The minimum atomic E-state index is 0.0698. The molecule has 0 N–H and O–H groups in total. The lowest BCUT2D eigenvalue weighted by molar-refractivity contribution is -0.120. The summed E-state index contributed by atoms with van der Waals surface area (Å²) < 4.78 is 9.54. The quantitative estimate of drug-likeness (QED) is 0.694. The molecular formula is C7H10N2O2S2. The highest BCUT2D eigenvalue weighted by atomic mass is 32.2. The van der Waals surface area contributed by atoms with Crippen molar-refractivity contribution >= 4 is 29.1 Å². The van der Waals surface area contributed by atoms with Crippen LogP contribution in [0, 0.1) is 6.92 Å². The number of carbonyl (C=O) groups is 1. The third kappa shape index (κ3) is 3.84. The van der Waals surface area contributed by atoms with Crippen LogP contribution in [0.1, 0.15) is 5.82 Å². The summed E-state index contributed by atoms with van der Waals surface area (Å²) in [7, 11) is 1.51. The molecule has 0 aromatic carbocycles. The molecule has 0 atom stereocenters. The summed E-state index contributed by atoms with van der Waals surface area (Å²) in [6, 6.07) is 0. The zero-order valence-electron chi connectivity index (χ0n) is 7.44. The molecule has 72 valence electrons. The van der Waals surface area contributed by atoms with Crippen LogP contribution in [-0.2, 0) is 9.53 Å². The van der Waals surface area contributed by atoms with Gasteiger partial charge in [-0.05, 0) is 18.5 Å². The van der Waals surface area contributed by atoms with Gasteiger partial charge in [0.1, 0.15) is 12.4 Å². The van der Waals surface area contributed by atoms with Crippen LogP contribution in [0.25, 0.3) is 0 Å². The maximum absolute atomic E-state index is 11.0. The fraction of sp³-hybridized carbons (Fsp3) is 0.571. The maximum Gasteiger partial charge on any atom is 0.170 e. The molecule has 0 fully saturated rings. The molecule has 0 saturated carbocycles. The summed E-state index contributed by atoms with van der Waals surface area (Å²) in [6.07, 6.45) is 0. The van der Waals surface area contributed by atoms with Gasteiger partial charge in [-0.1, -0.05) is 11.8 Å². The summed E-state index contributed by atoms with van der Waals surface area (Å²) in [5.41, 5.74) is 0. The lowest BCUT2D eigenvalue weighted by atomic mass is 10.5. The van der Waals surface area contributed by atoms with Crippen molar-refractivity contribution in [3.63, 3.8) is 0 Å². The molecule has 4 nitrogen and oxygen atoms in total. The third-order valence-corrected chi connectivity index (χ3v) is 3.16. The summed E-state index contributed by atoms with van der Waals surface area (Å²) in [6.45, 7) is 2.00. The molecule has 0 bridgehead atoms. The van der Waals surface area contributed by atoms with Gasteiger partial charge in [0.05, 0.1) is 5.75 Å². The molecule has 0 aliphatic rings. The monoisotopic (exact) mass is 218 g/mol. The van der Waals surface area contributed by atoms with Crippen molar-refractivity contribution in [3.8, 4) is 0 Å². The van der Waals surface area contributed by atoms with Crippen LogP contribution < -0.4 is 0 Å². The summed E-state index contributed by atoms with van der Waals surface area (Å²) in [5.74, 6) is 1.23. The van der Waals surface area contributed by atoms with Crippen molar-refractivity contribution in [2.75, 3.05) is 19.5 Å². The second-order valence-corrected chi connectivity index (χ2v) is 4.34. The second kappa shape index (κ2) is 5.31. The molecule has 0 spiro atoms. The summed E-state index contributed by atoms with van der Waals surface area (Å²) in [4.78, 5) is 15.2. The van der Waals surface area contributed by atoms with Gasteiger partial charge in [-0.25, -0.2) is 4.98 Å². The van der Waals surface area contributed by atoms with E-state index in [1.54, 1.807) is 0 Å². The van der Waals surface area contributed by atoms with Gasteiger partial charge >= 0.3 is 0 Å². The van der Waals surface area contributed by atoms with E-state index in [1.165, 1.54) is 30.4 Å². The number of Topliss-reactive ketones (excluding diaryl/α,β-unsaturated/α-hetero) is 1. The van der Waals surface area contributed by atoms with E-state index in [4.69, 9.17) is 4.74 Å². The van der Waals surface area contributed by atoms with Crippen molar-refractivity contribution < 1.29 is 9.53 Å². The molecule has 1 aromatic rings. The average Bonchev–Trinajstić information content (AvgIpc) is 2.49. The van der Waals surface area contributed by atoms with E-state index in [0.717, 1.165) is 10.2 Å². The molecular weight excluding hydrogens is 208 g/mol. The maximum atomic E-state index is 11.0. The Balaban J connectivity index is 2.30. The normalized spacial score (nSPS) is 10.3. The first-order chi connectivity index (χ1) is 6.22. The van der Waals surface area contributed by atoms with E-state index in [-0.39, 0.29) is 12.4 Å². The smallest absolute Gasteiger partial charge is 0.170 e. The fourth-order valence-electron chi connectivity index (χ4n) is 0.682. The summed E-state index contributed by atoms with van der Waals surface area (Å²) >= 11 is 2.72. The van der Waals surface area contributed by atoms with Crippen LogP contribution in [0.5, 0.6) is 0 Å². The van der Waals surface area contributed by atoms with E-state index in [0.29, 0.717) is 5.75 Å². The van der Waals surface area contributed by atoms with Crippen LogP contribution in [0.15, 0.2) is 4.34 Å². The topological polar surface area (TPSA) is 52.1 Å². The molecule has 0 saturated heterocycles. The molecule has 6 heteroatoms. The van der Waals surface area contributed by atoms with Crippen LogP contribution in [0.2, 0.25) is 0 Å². The van der Waals surface area contributed by atoms with Gasteiger partial charge in [0.15, 0.2) is 10.1 Å². The van der Waals surface area contributed by atoms with E-state index in [2.05, 4.69) is 9.36 Å². The Labute approximate surface area is 84.9 Å². The van der Waals surface area contributed by atoms with Gasteiger partial charge in [-0.15, -0.1) is 0 Å². The van der Waals surface area contributed by atoms with E-state index in [9.17, 15) is 4.79 Å². The zero-order chi connectivity index (χ0) is 9.68. The van der Waals surface area contributed by atoms with Crippen molar-refractivity contribution in [2.24, 2.45) is 0 Å². The highest BCUT2D eigenvalue weighted by molar-refractivity contribution is 8.01. The predicted octanol–water partition coefficient (Wildman–Crippen LogP) is 1.15. The number of ether oxygens (including phenoxy) is 1. The average molecular weight is 218 g/mol. The Morgan fingerprint density at radius 2 is 2.46 bits per heavy atom. The standard InChI is InChI=1S/C7H10N2O2S2/c1-5-8-7(13-9-5)12-4-6(10)3-11-2/h3-4H2,1-2H3. The number of hydrogen-bond acceptors (Lipinski definition) is 6. The first kappa shape index (κ1) is 10.6. The van der Waals surface area contributed by atoms with Gasteiger partial charge in [0.25, 0.3) is 0 Å². The van der Waals surface area contributed by atoms with E-state index < -0.39 is 0 Å². The predicted molar refractivity (Wildman–Crippen MR) is 52.3 cm³/mol. The van der Waals surface area contributed by atoms with Crippen LogP contribution in [0.3, 0.4) is 0 Å². The zero-order valence-corrected chi connectivity index (χ0v) is 9.07. The highest BCUT2D eigenvalue weighted by Crippen LogP contribution is 2.19. The van der Waals surface area contributed by atoms with Gasteiger partial charge < -0.3 is 4.74 Å². The Morgan fingerprint density at radius 1 is 1.69 bits per heavy atom. The Hall–Kier alpha value is -0.460. The Morgan fingerprint density at radius 3 is 3.00 bits per heavy atom. The number of rotatable bonds is 5. The lowest BCUT2D eigenvalue weighted by Crippen LogP contribution is -2.08. The largest absolute Gasteiger partial charge is 0.377 e. The SMILES string of the molecule is COCC(=O)CSc1nc(C)ns1. The first-order valence-electron chi connectivity index (χ1n) is 3.66.